The summed E-state index contributed by atoms with van der Waals surface area (Å²) in [5.74, 6) is 0. The Balaban J connectivity index is 3.14. The second-order valence-electron chi connectivity index (χ2n) is 3.31. The number of hydrogen-bond donors (Lipinski definition) is 3. The van der Waals surface area contributed by atoms with E-state index in [0.717, 1.165) is 17.7 Å². The summed E-state index contributed by atoms with van der Waals surface area (Å²) in [6, 6.07) is 3.97. The second-order valence-corrected chi connectivity index (χ2v) is 8.44. The van der Waals surface area contributed by atoms with E-state index in [2.05, 4.69) is 5.73 Å². The molecule has 0 bridgehead atoms. The lowest BCUT2D eigenvalue weighted by atomic mass is 10.2. The van der Waals surface area contributed by atoms with Crippen molar-refractivity contribution in [1.82, 2.24) is 10.3 Å². The van der Waals surface area contributed by atoms with E-state index in [0.29, 0.717) is 0 Å². The van der Waals surface area contributed by atoms with Crippen LogP contribution in [0, 0.1) is 6.92 Å². The van der Waals surface area contributed by atoms with Crippen molar-refractivity contribution in [2.24, 2.45) is 5.73 Å². The molecule has 1 aromatic carbocycles. The summed E-state index contributed by atoms with van der Waals surface area (Å²) in [6.07, 6.45) is 0. The topological polar surface area (TPSA) is 135 Å². The van der Waals surface area contributed by atoms with Crippen molar-refractivity contribution in [2.45, 2.75) is 11.8 Å². The van der Waals surface area contributed by atoms with Gasteiger partial charge in [-0.3, -0.25) is 5.43 Å². The number of primary amides is 1. The molecule has 4 N–H and O–H groups in total. The number of carbonyl (C=O) groups excluding carboxylic acids is 1. The molecule has 0 radical (unpaired) electrons. The number of carbonyl (C=O) groups is 1. The van der Waals surface area contributed by atoms with E-state index in [4.69, 9.17) is 0 Å². The minimum absolute atomic E-state index is 0.410. The fourth-order valence-electron chi connectivity index (χ4n) is 0.999. The van der Waals surface area contributed by atoms with Crippen LogP contribution in [0.5, 0.6) is 0 Å². The SMILES string of the molecule is Cc1ccc(S(=O)(=O)S(=O)(=O)NNC(N)=O)cc1. The number of amides is 2. The summed E-state index contributed by atoms with van der Waals surface area (Å²) in [5, 5.41) is 0. The van der Waals surface area contributed by atoms with Gasteiger partial charge in [-0.15, -0.1) is 4.83 Å². The van der Waals surface area contributed by atoms with Crippen LogP contribution in [0.15, 0.2) is 29.2 Å². The van der Waals surface area contributed by atoms with Crippen molar-refractivity contribution in [3.63, 3.8) is 0 Å². The molecule has 1 rings (SSSR count). The van der Waals surface area contributed by atoms with Crippen LogP contribution < -0.4 is 16.0 Å². The number of hydrogen-bond acceptors (Lipinski definition) is 5. The smallest absolute Gasteiger partial charge is 0.338 e. The minimum atomic E-state index is -4.81. The van der Waals surface area contributed by atoms with Crippen LogP contribution in [0.1, 0.15) is 5.56 Å². The molecule has 0 atom stereocenters. The Morgan fingerprint density at radius 2 is 1.61 bits per heavy atom. The first kappa shape index (κ1) is 14.4. The molecule has 0 spiro atoms. The molecule has 0 heterocycles. The Labute approximate surface area is 104 Å². The average Bonchev–Trinajstić information content (AvgIpc) is 2.27. The van der Waals surface area contributed by atoms with E-state index in [9.17, 15) is 21.6 Å². The lowest BCUT2D eigenvalue weighted by Crippen LogP contribution is -2.46. The Kier molecular flexibility index (Phi) is 3.94. The van der Waals surface area contributed by atoms with Crippen LogP contribution in [0.4, 0.5) is 4.79 Å². The summed E-state index contributed by atoms with van der Waals surface area (Å²) in [7, 11) is -9.47. The van der Waals surface area contributed by atoms with Gasteiger partial charge in [-0.1, -0.05) is 17.7 Å². The van der Waals surface area contributed by atoms with Gasteiger partial charge in [0.25, 0.3) is 8.87 Å². The molecule has 100 valence electrons. The van der Waals surface area contributed by atoms with E-state index in [1.54, 1.807) is 6.92 Å². The van der Waals surface area contributed by atoms with Crippen molar-refractivity contribution in [2.75, 3.05) is 0 Å². The first-order chi connectivity index (χ1) is 8.17. The number of nitrogens with two attached hydrogens (primary N) is 1. The van der Waals surface area contributed by atoms with Gasteiger partial charge >= 0.3 is 15.1 Å². The third-order valence-corrected chi connectivity index (χ3v) is 6.24. The first-order valence-electron chi connectivity index (χ1n) is 4.56. The number of aryl methyl sites for hydroxylation is 1. The summed E-state index contributed by atoms with van der Waals surface area (Å²) in [5.41, 5.74) is 6.90. The summed E-state index contributed by atoms with van der Waals surface area (Å²) in [6.45, 7) is 1.72. The predicted molar refractivity (Wildman–Crippen MR) is 63.1 cm³/mol. The van der Waals surface area contributed by atoms with Gasteiger partial charge in [0.1, 0.15) is 0 Å². The molecular formula is C8H11N3O5S2. The number of urea groups is 1. The van der Waals surface area contributed by atoms with Crippen LogP contribution in [0.2, 0.25) is 0 Å². The van der Waals surface area contributed by atoms with Gasteiger partial charge in [0, 0.05) is 0 Å². The maximum absolute atomic E-state index is 11.7. The molecule has 18 heavy (non-hydrogen) atoms. The van der Waals surface area contributed by atoms with Crippen LogP contribution in [-0.2, 0) is 17.9 Å². The highest BCUT2D eigenvalue weighted by Crippen LogP contribution is 2.16. The van der Waals surface area contributed by atoms with Gasteiger partial charge in [-0.05, 0) is 19.1 Å². The van der Waals surface area contributed by atoms with Crippen LogP contribution in [0.25, 0.3) is 0 Å². The van der Waals surface area contributed by atoms with E-state index in [1.165, 1.54) is 22.4 Å². The van der Waals surface area contributed by atoms with Crippen molar-refractivity contribution >= 4 is 24.0 Å². The molecular weight excluding hydrogens is 282 g/mol. The zero-order valence-corrected chi connectivity index (χ0v) is 10.9. The van der Waals surface area contributed by atoms with E-state index in [1.807, 2.05) is 0 Å². The molecule has 0 saturated heterocycles. The van der Waals surface area contributed by atoms with Crippen molar-refractivity contribution in [3.05, 3.63) is 29.8 Å². The highest BCUT2D eigenvalue weighted by Gasteiger charge is 2.31. The molecule has 1 aromatic rings. The van der Waals surface area contributed by atoms with Crippen LogP contribution in [-0.4, -0.2) is 22.9 Å². The fraction of sp³-hybridized carbons (Fsp3) is 0.125. The van der Waals surface area contributed by atoms with Gasteiger partial charge < -0.3 is 5.73 Å². The highest BCUT2D eigenvalue weighted by atomic mass is 33.2. The van der Waals surface area contributed by atoms with Crippen molar-refractivity contribution < 1.29 is 21.6 Å². The van der Waals surface area contributed by atoms with Crippen LogP contribution in [0.3, 0.4) is 0 Å². The van der Waals surface area contributed by atoms with Crippen LogP contribution >= 0.6 is 0 Å². The maximum atomic E-state index is 11.7. The summed E-state index contributed by atoms with van der Waals surface area (Å²) < 4.78 is 46.4. The van der Waals surface area contributed by atoms with Gasteiger partial charge in [0.2, 0.25) is 0 Å². The van der Waals surface area contributed by atoms with E-state index >= 15 is 0 Å². The van der Waals surface area contributed by atoms with E-state index < -0.39 is 28.9 Å². The van der Waals surface area contributed by atoms with Crippen molar-refractivity contribution in [3.8, 4) is 0 Å². The van der Waals surface area contributed by atoms with Crippen molar-refractivity contribution in [1.29, 1.82) is 0 Å². The maximum Gasteiger partial charge on any atom is 0.338 e. The Morgan fingerprint density at radius 3 is 2.06 bits per heavy atom. The molecule has 0 aromatic heterocycles. The number of hydrazine groups is 1. The average molecular weight is 293 g/mol. The first-order valence-corrected chi connectivity index (χ1v) is 8.04. The number of benzene rings is 1. The standard InChI is InChI=1S/C8H11N3O5S2/c1-6-2-4-7(5-3-6)17(13,14)18(15,16)11-10-8(9)12/h2-5,11H,1H3,(H3,9,10,12). The molecule has 10 heteroatoms. The molecule has 0 fully saturated rings. The lowest BCUT2D eigenvalue weighted by Gasteiger charge is -2.07. The molecule has 0 aliphatic heterocycles. The molecule has 0 unspecified atom stereocenters. The third kappa shape index (κ3) is 2.97. The number of rotatable bonds is 4. The largest absolute Gasteiger partial charge is 0.351 e. The highest BCUT2D eigenvalue weighted by molar-refractivity contribution is 8.66. The molecule has 0 aliphatic rings. The molecule has 2 amide bonds. The zero-order valence-electron chi connectivity index (χ0n) is 9.24. The van der Waals surface area contributed by atoms with Gasteiger partial charge in [0.15, 0.2) is 0 Å². The third-order valence-electron chi connectivity index (χ3n) is 1.90. The predicted octanol–water partition coefficient (Wildman–Crippen LogP) is -0.814. The lowest BCUT2D eigenvalue weighted by molar-refractivity contribution is 0.247. The van der Waals surface area contributed by atoms with E-state index in [-0.39, 0.29) is 0 Å². The second kappa shape index (κ2) is 4.92. The molecule has 0 saturated carbocycles. The molecule has 8 nitrogen and oxygen atoms in total. The minimum Gasteiger partial charge on any atom is -0.351 e. The van der Waals surface area contributed by atoms with Gasteiger partial charge in [-0.25, -0.2) is 13.2 Å². The Morgan fingerprint density at radius 1 is 1.11 bits per heavy atom. The number of nitrogens with one attached hydrogen (secondary N) is 2. The Bertz CT molecular complexity index is 648. The normalized spacial score (nSPS) is 12.1. The van der Waals surface area contributed by atoms with Gasteiger partial charge in [-0.2, -0.15) is 8.42 Å². The quantitative estimate of drug-likeness (QED) is 0.492. The fourth-order valence-corrected chi connectivity index (χ4v) is 3.60. The Hall–Kier alpha value is -1.65. The van der Waals surface area contributed by atoms with Gasteiger partial charge in [0.05, 0.1) is 4.90 Å². The molecule has 0 aliphatic carbocycles. The zero-order chi connectivity index (χ0) is 14.0. The summed E-state index contributed by atoms with van der Waals surface area (Å²) >= 11 is 0. The summed E-state index contributed by atoms with van der Waals surface area (Å²) in [4.78, 5) is 11.3. The monoisotopic (exact) mass is 293 g/mol.